The summed E-state index contributed by atoms with van der Waals surface area (Å²) in [6.45, 7) is 16.9. The van der Waals surface area contributed by atoms with Gasteiger partial charge in [0.1, 0.15) is 0 Å². The number of aryl methyl sites for hydroxylation is 1. The number of hydrogen-bond acceptors (Lipinski definition) is 0. The van der Waals surface area contributed by atoms with E-state index in [9.17, 15) is 0 Å². The Balaban J connectivity index is 1.10. The topological polar surface area (TPSA) is 0 Å². The molecule has 0 fully saturated rings. The maximum Gasteiger partial charge on any atom is 0.0159 e. The first-order valence-electron chi connectivity index (χ1n) is 19.6. The van der Waals surface area contributed by atoms with Crippen molar-refractivity contribution in [1.29, 1.82) is 0 Å². The Morgan fingerprint density at radius 2 is 0.667 bits per heavy atom. The summed E-state index contributed by atoms with van der Waals surface area (Å²) in [6, 6.07) is 53.2. The minimum atomic E-state index is -0.155. The highest BCUT2D eigenvalue weighted by Crippen LogP contribution is 2.61. The zero-order chi connectivity index (χ0) is 36.9. The van der Waals surface area contributed by atoms with Gasteiger partial charge in [-0.2, -0.15) is 0 Å². The molecule has 0 atom stereocenters. The third-order valence-electron chi connectivity index (χ3n) is 13.8. The van der Waals surface area contributed by atoms with E-state index in [2.05, 4.69) is 188 Å². The second-order valence-electron chi connectivity index (χ2n) is 17.8. The predicted molar refractivity (Wildman–Crippen MR) is 230 cm³/mol. The first-order valence-corrected chi connectivity index (χ1v) is 19.6. The Hall–Kier alpha value is -5.72. The summed E-state index contributed by atoms with van der Waals surface area (Å²) < 4.78 is 0. The molecule has 0 heterocycles. The lowest BCUT2D eigenvalue weighted by Gasteiger charge is -2.25. The van der Waals surface area contributed by atoms with E-state index in [0.717, 1.165) is 0 Å². The highest BCUT2D eigenvalue weighted by molar-refractivity contribution is 6.10. The average molecular weight is 693 g/mol. The Kier molecular flexibility index (Phi) is 6.17. The molecule has 0 aromatic heterocycles. The van der Waals surface area contributed by atoms with E-state index >= 15 is 0 Å². The molecule has 0 heteroatoms. The molecular formula is C54H44. The molecule has 0 spiro atoms. The van der Waals surface area contributed by atoms with Gasteiger partial charge in [-0.3, -0.25) is 0 Å². The van der Waals surface area contributed by atoms with Crippen molar-refractivity contribution in [3.8, 4) is 55.6 Å². The molecule has 0 unspecified atom stereocenters. The number of rotatable bonds is 2. The predicted octanol–water partition coefficient (Wildman–Crippen LogP) is 14.6. The van der Waals surface area contributed by atoms with E-state index < -0.39 is 0 Å². The van der Waals surface area contributed by atoms with Crippen LogP contribution < -0.4 is 0 Å². The van der Waals surface area contributed by atoms with E-state index in [-0.39, 0.29) is 16.2 Å². The molecule has 0 bridgehead atoms. The molecule has 11 rings (SSSR count). The molecule has 0 saturated heterocycles. The van der Waals surface area contributed by atoms with Gasteiger partial charge in [0.15, 0.2) is 0 Å². The summed E-state index contributed by atoms with van der Waals surface area (Å²) in [5.41, 5.74) is 23.2. The lowest BCUT2D eigenvalue weighted by atomic mass is 9.78. The van der Waals surface area contributed by atoms with E-state index in [0.29, 0.717) is 0 Å². The molecule has 260 valence electrons. The van der Waals surface area contributed by atoms with Crippen LogP contribution in [0.1, 0.15) is 80.5 Å². The summed E-state index contributed by atoms with van der Waals surface area (Å²) in [5.74, 6) is 0. The minimum Gasteiger partial charge on any atom is -0.0622 e. The fourth-order valence-electron chi connectivity index (χ4n) is 10.8. The average Bonchev–Trinajstić information content (AvgIpc) is 3.65. The Labute approximate surface area is 319 Å². The highest BCUT2D eigenvalue weighted by Gasteiger charge is 2.45. The molecule has 0 aliphatic heterocycles. The second kappa shape index (κ2) is 10.5. The van der Waals surface area contributed by atoms with Crippen LogP contribution in [0.25, 0.3) is 77.2 Å². The quantitative estimate of drug-likeness (QED) is 0.169. The van der Waals surface area contributed by atoms with Gasteiger partial charge >= 0.3 is 0 Å². The Morgan fingerprint density at radius 3 is 1.24 bits per heavy atom. The van der Waals surface area contributed by atoms with Gasteiger partial charge in [0, 0.05) is 16.2 Å². The lowest BCUT2D eigenvalue weighted by Crippen LogP contribution is -2.17. The zero-order valence-electron chi connectivity index (χ0n) is 32.3. The monoisotopic (exact) mass is 692 g/mol. The lowest BCUT2D eigenvalue weighted by molar-refractivity contribution is 0.649. The van der Waals surface area contributed by atoms with Gasteiger partial charge in [0.2, 0.25) is 0 Å². The van der Waals surface area contributed by atoms with E-state index in [1.54, 1.807) is 0 Å². The summed E-state index contributed by atoms with van der Waals surface area (Å²) >= 11 is 0. The second-order valence-corrected chi connectivity index (χ2v) is 17.8. The summed E-state index contributed by atoms with van der Waals surface area (Å²) in [4.78, 5) is 0. The maximum absolute atomic E-state index is 2.59. The van der Waals surface area contributed by atoms with Crippen molar-refractivity contribution in [3.63, 3.8) is 0 Å². The fourth-order valence-corrected chi connectivity index (χ4v) is 10.8. The molecule has 8 aromatic carbocycles. The molecule has 3 aliphatic carbocycles. The highest BCUT2D eigenvalue weighted by atomic mass is 14.5. The van der Waals surface area contributed by atoms with Crippen LogP contribution in [0.3, 0.4) is 0 Å². The molecule has 8 aromatic rings. The standard InChI is InChI=1S/C54H44/c1-31-25-48-50(37-19-13-11-17-35(31)37)42-29-44-40(27-46(42)53(48,4)5)41-28-47-43(30-45(41)52(44,2)3)51-38-20-14-12-18-36(38)39(26-49(51)54(47,6)7)34-23-21-33(22-24-34)32-15-9-8-10-16-32/h8-30H,1-7H3. The third kappa shape index (κ3) is 3.99. The molecule has 3 aliphatic rings. The minimum absolute atomic E-state index is 0.0811. The van der Waals surface area contributed by atoms with Crippen LogP contribution in [-0.4, -0.2) is 0 Å². The molecule has 0 saturated carbocycles. The molecule has 0 radical (unpaired) electrons. The van der Waals surface area contributed by atoms with Gasteiger partial charge in [-0.25, -0.2) is 0 Å². The van der Waals surface area contributed by atoms with Crippen LogP contribution in [0, 0.1) is 6.92 Å². The van der Waals surface area contributed by atoms with Crippen molar-refractivity contribution in [3.05, 3.63) is 178 Å². The van der Waals surface area contributed by atoms with Gasteiger partial charge < -0.3 is 0 Å². The first-order chi connectivity index (χ1) is 26.0. The van der Waals surface area contributed by atoms with Crippen LogP contribution in [0.15, 0.2) is 140 Å². The van der Waals surface area contributed by atoms with Crippen molar-refractivity contribution in [1.82, 2.24) is 0 Å². The fraction of sp³-hybridized carbons (Fsp3) is 0.185. The Morgan fingerprint density at radius 1 is 0.296 bits per heavy atom. The summed E-state index contributed by atoms with van der Waals surface area (Å²) in [6.07, 6.45) is 0. The number of benzene rings is 8. The normalized spacial score (nSPS) is 16.1. The van der Waals surface area contributed by atoms with E-state index in [1.807, 2.05) is 0 Å². The van der Waals surface area contributed by atoms with Crippen molar-refractivity contribution in [2.24, 2.45) is 0 Å². The van der Waals surface area contributed by atoms with E-state index in [4.69, 9.17) is 0 Å². The SMILES string of the molecule is Cc1cc2c(c3ccccc13)-c1cc3c(cc1C2(C)C)-c1cc2c(cc1C3(C)C)-c1c(cc(-c3ccc(-c4ccccc4)cc3)c3ccccc13)C2(C)C. The van der Waals surface area contributed by atoms with Gasteiger partial charge in [-0.1, -0.05) is 151 Å². The van der Waals surface area contributed by atoms with Crippen molar-refractivity contribution < 1.29 is 0 Å². The van der Waals surface area contributed by atoms with Crippen molar-refractivity contribution >= 4 is 21.5 Å². The third-order valence-corrected chi connectivity index (χ3v) is 13.8. The maximum atomic E-state index is 2.59. The number of fused-ring (bicyclic) bond motifs is 13. The molecular weight excluding hydrogens is 649 g/mol. The van der Waals surface area contributed by atoms with Crippen LogP contribution in [0.2, 0.25) is 0 Å². The van der Waals surface area contributed by atoms with Gasteiger partial charge in [-0.05, 0) is 153 Å². The molecule has 0 nitrogen and oxygen atoms in total. The Bertz CT molecular complexity index is 2930. The molecule has 0 amide bonds. The van der Waals surface area contributed by atoms with Gasteiger partial charge in [-0.15, -0.1) is 0 Å². The first kappa shape index (κ1) is 31.8. The van der Waals surface area contributed by atoms with E-state index in [1.165, 1.54) is 116 Å². The smallest absolute Gasteiger partial charge is 0.0159 e. The largest absolute Gasteiger partial charge is 0.0622 e. The van der Waals surface area contributed by atoms with Crippen LogP contribution in [0.4, 0.5) is 0 Å². The molecule has 0 N–H and O–H groups in total. The molecule has 54 heavy (non-hydrogen) atoms. The zero-order valence-corrected chi connectivity index (χ0v) is 32.3. The van der Waals surface area contributed by atoms with Crippen LogP contribution in [-0.2, 0) is 16.2 Å². The van der Waals surface area contributed by atoms with Gasteiger partial charge in [0.25, 0.3) is 0 Å². The summed E-state index contributed by atoms with van der Waals surface area (Å²) in [7, 11) is 0. The van der Waals surface area contributed by atoms with Gasteiger partial charge in [0.05, 0.1) is 0 Å². The number of hydrogen-bond donors (Lipinski definition) is 0. The van der Waals surface area contributed by atoms with Crippen LogP contribution >= 0.6 is 0 Å². The summed E-state index contributed by atoms with van der Waals surface area (Å²) in [5, 5.41) is 5.40. The van der Waals surface area contributed by atoms with Crippen LogP contribution in [0.5, 0.6) is 0 Å². The van der Waals surface area contributed by atoms with Crippen molar-refractivity contribution in [2.75, 3.05) is 0 Å². The van der Waals surface area contributed by atoms with Crippen molar-refractivity contribution in [2.45, 2.75) is 64.7 Å².